The second-order valence-electron chi connectivity index (χ2n) is 31.6. The average molecular weight is 1220 g/mol. The van der Waals surface area contributed by atoms with E-state index in [1.54, 1.807) is 0 Å². The number of ketones is 1. The van der Waals surface area contributed by atoms with Crippen LogP contribution in [0.1, 0.15) is 222 Å². The van der Waals surface area contributed by atoms with Crippen LogP contribution in [0.15, 0.2) is 0 Å². The van der Waals surface area contributed by atoms with Gasteiger partial charge in [0.1, 0.15) is 24.1 Å². The fourth-order valence-electron chi connectivity index (χ4n) is 20.2. The van der Waals surface area contributed by atoms with Gasteiger partial charge in [0.15, 0.2) is 20.4 Å². The van der Waals surface area contributed by atoms with Gasteiger partial charge in [-0.15, -0.1) is 0 Å². The van der Waals surface area contributed by atoms with E-state index in [0.717, 1.165) is 127 Å². The van der Waals surface area contributed by atoms with Crippen molar-refractivity contribution in [3.8, 4) is 0 Å². The molecular weight excluding hydrogens is 1110 g/mol. The Morgan fingerprint density at radius 1 is 0.517 bits per heavy atom. The molecule has 15 saturated carbocycles. The van der Waals surface area contributed by atoms with E-state index in [1.807, 2.05) is 48.5 Å². The Bertz CT molecular complexity index is 2400. The molecule has 0 heterocycles. The lowest BCUT2D eigenvalue weighted by Crippen LogP contribution is -2.55. The van der Waals surface area contributed by atoms with Crippen molar-refractivity contribution < 1.29 is 76.2 Å². The predicted molar refractivity (Wildman–Crippen MR) is 320 cm³/mol. The third-order valence-corrected chi connectivity index (χ3v) is 25.2. The number of esters is 6. The number of carbonyl (C=O) groups excluding carboxylic acids is 7. The van der Waals surface area contributed by atoms with Crippen LogP contribution in [0.3, 0.4) is 0 Å². The number of carbonyl (C=O) groups is 7. The van der Waals surface area contributed by atoms with E-state index in [1.165, 1.54) is 70.6 Å². The molecule has 0 spiro atoms. The highest BCUT2D eigenvalue weighted by atomic mass is 16.7. The third kappa shape index (κ3) is 14.8. The zero-order chi connectivity index (χ0) is 61.3. The first kappa shape index (κ1) is 64.9. The first-order chi connectivity index (χ1) is 41.8. The van der Waals surface area contributed by atoms with Gasteiger partial charge in [-0.25, -0.2) is 0 Å². The molecule has 15 aliphatic carbocycles. The molecule has 488 valence electrons. The molecule has 14 bridgehead atoms. The maximum atomic E-state index is 12.8. The normalized spacial score (nSPS) is 40.2. The van der Waals surface area contributed by atoms with Crippen molar-refractivity contribution in [2.24, 2.45) is 123 Å². The van der Waals surface area contributed by atoms with E-state index >= 15 is 0 Å². The number of hydrogen-bond donors (Lipinski definition) is 0. The highest BCUT2D eigenvalue weighted by molar-refractivity contribution is 5.86. The molecule has 0 saturated heterocycles. The fourth-order valence-corrected chi connectivity index (χ4v) is 20.2. The van der Waals surface area contributed by atoms with Crippen LogP contribution in [-0.4, -0.2) is 99.6 Å². The maximum Gasteiger partial charge on any atom is 0.311 e. The molecule has 87 heavy (non-hydrogen) atoms. The van der Waals surface area contributed by atoms with Crippen LogP contribution < -0.4 is 0 Å². The Balaban J connectivity index is 0.000000136. The average Bonchev–Trinajstić information content (AvgIpc) is 2.22. The summed E-state index contributed by atoms with van der Waals surface area (Å²) in [5, 5.41) is 0. The largest absolute Gasteiger partial charge is 0.462 e. The first-order valence-corrected chi connectivity index (χ1v) is 35.2. The fraction of sp³-hybridized carbons (Fsp3) is 0.901. The van der Waals surface area contributed by atoms with Gasteiger partial charge in [0, 0.05) is 29.6 Å². The van der Waals surface area contributed by atoms with Crippen LogP contribution in [0, 0.1) is 123 Å². The minimum Gasteiger partial charge on any atom is -0.462 e. The molecule has 19 atom stereocenters. The molecule has 0 amide bonds. The lowest BCUT2D eigenvalue weighted by molar-refractivity contribution is -0.193. The molecule has 0 radical (unpaired) electrons. The lowest BCUT2D eigenvalue weighted by Gasteiger charge is -2.56. The standard InChI is InChI=1S/C26H40O5.C24H34O6.C21H34O5/c1-4-25(2,3)24(28)31-22-10-16-8-20(22)21(9-16)23(27)30-15-29-14-26-11-17-5-18(12-26)7-19(6-17)13-26;1-3-12(2)23(26)30-20-9-14-6-17(20)18(7-14)24(27)29-11-28-22-16-5-13-4-15(10-16)21(25)19(22)8-13;1-3-14(2)20(22)26-19-11-16-9-17(19)18(10-16)21(23)25-13-24-12-15-7-5-4-6-8-15/h16-22H,4-15H2,1-3H3;12-20,22H,3-11H2,1-2H3;14-19H,3-13H2,1-2H3. The van der Waals surface area contributed by atoms with E-state index in [9.17, 15) is 33.6 Å². The van der Waals surface area contributed by atoms with E-state index < -0.39 is 5.41 Å². The Morgan fingerprint density at radius 2 is 0.989 bits per heavy atom. The van der Waals surface area contributed by atoms with Gasteiger partial charge >= 0.3 is 35.8 Å². The molecule has 0 aromatic rings. The van der Waals surface area contributed by atoms with Crippen LogP contribution in [-0.2, 0) is 76.2 Å². The van der Waals surface area contributed by atoms with E-state index in [-0.39, 0.29) is 140 Å². The van der Waals surface area contributed by atoms with Gasteiger partial charge in [-0.3, -0.25) is 33.6 Å². The second-order valence-corrected chi connectivity index (χ2v) is 31.6. The minimum absolute atomic E-state index is 0.00629. The molecule has 0 aromatic carbocycles. The Hall–Kier alpha value is -3.63. The van der Waals surface area contributed by atoms with Gasteiger partial charge in [-0.05, 0) is 227 Å². The molecule has 16 heteroatoms. The van der Waals surface area contributed by atoms with Crippen molar-refractivity contribution in [2.45, 2.75) is 246 Å². The van der Waals surface area contributed by atoms with E-state index in [2.05, 4.69) is 0 Å². The monoisotopic (exact) mass is 1220 g/mol. The van der Waals surface area contributed by atoms with Crippen molar-refractivity contribution in [3.63, 3.8) is 0 Å². The lowest BCUT2D eigenvalue weighted by atomic mass is 9.50. The van der Waals surface area contributed by atoms with Crippen molar-refractivity contribution in [1.29, 1.82) is 0 Å². The quantitative estimate of drug-likeness (QED) is 0.0404. The molecule has 0 N–H and O–H groups in total. The predicted octanol–water partition coefficient (Wildman–Crippen LogP) is 12.7. The highest BCUT2D eigenvalue weighted by Crippen LogP contribution is 2.61. The molecule has 19 unspecified atom stereocenters. The van der Waals surface area contributed by atoms with Crippen LogP contribution in [0.2, 0.25) is 0 Å². The highest BCUT2D eigenvalue weighted by Gasteiger charge is 2.57. The van der Waals surface area contributed by atoms with Gasteiger partial charge in [-0.1, -0.05) is 53.9 Å². The summed E-state index contributed by atoms with van der Waals surface area (Å²) in [5.74, 6) is 5.11. The van der Waals surface area contributed by atoms with Gasteiger partial charge < -0.3 is 42.6 Å². The second kappa shape index (κ2) is 28.1. The van der Waals surface area contributed by atoms with Crippen LogP contribution >= 0.6 is 0 Å². The summed E-state index contributed by atoms with van der Waals surface area (Å²) in [6, 6.07) is 0. The Morgan fingerprint density at radius 3 is 1.47 bits per heavy atom. The summed E-state index contributed by atoms with van der Waals surface area (Å²) in [5.41, 5.74) is -0.123. The zero-order valence-electron chi connectivity index (χ0n) is 53.9. The first-order valence-electron chi connectivity index (χ1n) is 35.2. The van der Waals surface area contributed by atoms with Gasteiger partial charge in [-0.2, -0.15) is 0 Å². The summed E-state index contributed by atoms with van der Waals surface area (Å²) in [4.78, 5) is 87.4. The zero-order valence-corrected chi connectivity index (χ0v) is 53.9. The number of fused-ring (bicyclic) bond motifs is 6. The van der Waals surface area contributed by atoms with Gasteiger partial charge in [0.2, 0.25) is 0 Å². The summed E-state index contributed by atoms with van der Waals surface area (Å²) >= 11 is 0. The summed E-state index contributed by atoms with van der Waals surface area (Å²) in [7, 11) is 0. The van der Waals surface area contributed by atoms with Crippen molar-refractivity contribution in [2.75, 3.05) is 33.6 Å². The Labute approximate surface area is 518 Å². The van der Waals surface area contributed by atoms with Crippen LogP contribution in [0.5, 0.6) is 0 Å². The van der Waals surface area contributed by atoms with Crippen LogP contribution in [0.25, 0.3) is 0 Å². The van der Waals surface area contributed by atoms with Gasteiger partial charge in [0.05, 0.1) is 54.3 Å². The van der Waals surface area contributed by atoms with Crippen molar-refractivity contribution in [3.05, 3.63) is 0 Å². The van der Waals surface area contributed by atoms with Crippen molar-refractivity contribution in [1.82, 2.24) is 0 Å². The topological polar surface area (TPSA) is 203 Å². The van der Waals surface area contributed by atoms with Crippen molar-refractivity contribution >= 4 is 41.6 Å². The number of hydrogen-bond acceptors (Lipinski definition) is 16. The molecule has 0 aliphatic heterocycles. The number of Topliss-reactive ketones (excluding diaryl/α,β-unsaturated/α-hetero) is 1. The Kier molecular flexibility index (Phi) is 20.9. The molecule has 0 aromatic heterocycles. The summed E-state index contributed by atoms with van der Waals surface area (Å²) in [6.45, 7) is 15.1. The molecule has 15 aliphatic rings. The molecular formula is C71H108O16. The summed E-state index contributed by atoms with van der Waals surface area (Å²) < 4.78 is 51.3. The number of ether oxygens (including phenoxy) is 9. The number of rotatable bonds is 23. The van der Waals surface area contributed by atoms with E-state index in [0.29, 0.717) is 53.3 Å². The molecule has 15 fully saturated rings. The summed E-state index contributed by atoms with van der Waals surface area (Å²) in [6.07, 6.45) is 28.5. The molecule has 15 rings (SSSR count). The van der Waals surface area contributed by atoms with Gasteiger partial charge in [0.25, 0.3) is 0 Å². The van der Waals surface area contributed by atoms with E-state index in [4.69, 9.17) is 42.6 Å². The minimum atomic E-state index is -0.469. The maximum absolute atomic E-state index is 12.8. The molecule has 16 nitrogen and oxygen atoms in total. The SMILES string of the molecule is CCC(C)(C)C(=O)OC1CC2CC(C(=O)OCOCC34CC5CC(CC(C5)C3)C4)C1C2.CCC(C)C(=O)OC1CC2CC(C(=O)OCOC3C4CC5CC(C4)C(=O)C3C5)C1C2.CCC(C)C(=O)OC1CC2CC(C(=O)OCOCC3CCCCC3)C1C2. The smallest absolute Gasteiger partial charge is 0.311 e. The third-order valence-electron chi connectivity index (χ3n) is 25.2. The van der Waals surface area contributed by atoms with Crippen LogP contribution in [0.4, 0.5) is 0 Å².